The molecule has 0 saturated heterocycles. The average Bonchev–Trinajstić information content (AvgIpc) is 2.92. The number of non-ortho nitro benzene ring substituents is 2. The summed E-state index contributed by atoms with van der Waals surface area (Å²) in [6, 6.07) is 16.0. The van der Waals surface area contributed by atoms with E-state index in [4.69, 9.17) is 9.47 Å². The number of phenols is 2. The molecule has 8 bridgehead atoms. The number of phenolic OH excluding ortho intramolecular Hbond substituents is 2. The first-order valence-corrected chi connectivity index (χ1v) is 12.5. The molecule has 5 rings (SSSR count). The third kappa shape index (κ3) is 4.86. The molecule has 4 aromatic carbocycles. The summed E-state index contributed by atoms with van der Waals surface area (Å²) in [5.74, 6) is 0.801. The second kappa shape index (κ2) is 10.6. The molecule has 1 aliphatic rings. The van der Waals surface area contributed by atoms with E-state index in [-0.39, 0.29) is 48.6 Å². The SMILES string of the molecule is COc1c2cc([N+](=O)[O-])cc1Cc1cccc(c1O)Cc1cc([N+](=O)[O-])cc(c1OC)Cc1cccc(c1O)C2. The number of nitro benzene ring substituents is 2. The number of nitro groups is 2. The fourth-order valence-electron chi connectivity index (χ4n) is 5.41. The van der Waals surface area contributed by atoms with Gasteiger partial charge in [-0.15, -0.1) is 0 Å². The third-order valence-electron chi connectivity index (χ3n) is 7.21. The van der Waals surface area contributed by atoms with Gasteiger partial charge in [-0.1, -0.05) is 36.4 Å². The van der Waals surface area contributed by atoms with Crippen molar-refractivity contribution in [2.45, 2.75) is 25.7 Å². The topological polar surface area (TPSA) is 145 Å². The minimum absolute atomic E-state index is 0.0253. The molecule has 1 aliphatic carbocycles. The summed E-state index contributed by atoms with van der Waals surface area (Å²) < 4.78 is 11.4. The summed E-state index contributed by atoms with van der Waals surface area (Å²) in [5.41, 5.74) is 3.74. The Labute approximate surface area is 229 Å². The number of hydrogen-bond acceptors (Lipinski definition) is 8. The molecule has 0 atom stereocenters. The maximum Gasteiger partial charge on any atom is 0.270 e. The first-order chi connectivity index (χ1) is 19.2. The van der Waals surface area contributed by atoms with Gasteiger partial charge in [0, 0.05) is 72.2 Å². The van der Waals surface area contributed by atoms with Crippen LogP contribution in [-0.2, 0) is 25.7 Å². The molecule has 0 heterocycles. The molecule has 4 aromatic rings. The van der Waals surface area contributed by atoms with Crippen LogP contribution in [0.2, 0.25) is 0 Å². The Hall–Kier alpha value is -5.12. The number of hydrogen-bond donors (Lipinski definition) is 2. The lowest BCUT2D eigenvalue weighted by Gasteiger charge is -2.19. The quantitative estimate of drug-likeness (QED) is 0.220. The van der Waals surface area contributed by atoms with Gasteiger partial charge in [0.1, 0.15) is 23.0 Å². The summed E-state index contributed by atoms with van der Waals surface area (Å²) in [5, 5.41) is 46.2. The summed E-state index contributed by atoms with van der Waals surface area (Å²) >= 11 is 0. The van der Waals surface area contributed by atoms with Crippen LogP contribution in [0, 0.1) is 20.2 Å². The van der Waals surface area contributed by atoms with Crippen molar-refractivity contribution in [2.24, 2.45) is 0 Å². The lowest BCUT2D eigenvalue weighted by atomic mass is 9.91. The minimum atomic E-state index is -0.483. The van der Waals surface area contributed by atoms with Crippen LogP contribution in [0.3, 0.4) is 0 Å². The fraction of sp³-hybridized carbons (Fsp3) is 0.200. The number of nitrogens with zero attached hydrogens (tertiary/aromatic N) is 2. The van der Waals surface area contributed by atoms with Gasteiger partial charge in [0.25, 0.3) is 11.4 Å². The molecule has 204 valence electrons. The summed E-state index contributed by atoms with van der Waals surface area (Å²) in [7, 11) is 2.95. The molecular weight excluding hydrogens is 516 g/mol. The number of methoxy groups -OCH3 is 2. The van der Waals surface area contributed by atoms with Crippen LogP contribution in [0.5, 0.6) is 23.0 Å². The Kier molecular flexibility index (Phi) is 7.00. The van der Waals surface area contributed by atoms with Crippen molar-refractivity contribution in [2.75, 3.05) is 14.2 Å². The average molecular weight is 543 g/mol. The third-order valence-corrected chi connectivity index (χ3v) is 7.21. The van der Waals surface area contributed by atoms with Gasteiger partial charge in [-0.3, -0.25) is 20.2 Å². The number of rotatable bonds is 4. The van der Waals surface area contributed by atoms with Crippen molar-refractivity contribution in [3.05, 3.63) is 125 Å². The van der Waals surface area contributed by atoms with Crippen LogP contribution in [0.15, 0.2) is 60.7 Å². The van der Waals surface area contributed by atoms with Crippen LogP contribution in [0.25, 0.3) is 0 Å². The fourth-order valence-corrected chi connectivity index (χ4v) is 5.41. The molecule has 40 heavy (non-hydrogen) atoms. The van der Waals surface area contributed by atoms with E-state index in [0.29, 0.717) is 56.0 Å². The number of ether oxygens (including phenoxy) is 2. The van der Waals surface area contributed by atoms with E-state index in [2.05, 4.69) is 0 Å². The van der Waals surface area contributed by atoms with E-state index in [0.717, 1.165) is 0 Å². The second-order valence-electron chi connectivity index (χ2n) is 9.67. The van der Waals surface area contributed by atoms with E-state index in [1.807, 2.05) is 0 Å². The minimum Gasteiger partial charge on any atom is -0.507 e. The van der Waals surface area contributed by atoms with Gasteiger partial charge in [0.15, 0.2) is 0 Å². The van der Waals surface area contributed by atoms with Crippen LogP contribution in [0.4, 0.5) is 11.4 Å². The number of para-hydroxylation sites is 2. The van der Waals surface area contributed by atoms with Crippen LogP contribution in [0.1, 0.15) is 44.5 Å². The van der Waals surface area contributed by atoms with E-state index in [9.17, 15) is 30.4 Å². The predicted molar refractivity (Wildman–Crippen MR) is 147 cm³/mol. The van der Waals surface area contributed by atoms with Gasteiger partial charge in [-0.05, 0) is 22.3 Å². The van der Waals surface area contributed by atoms with E-state index < -0.39 is 9.85 Å². The maximum absolute atomic E-state index is 11.8. The van der Waals surface area contributed by atoms with Crippen molar-refractivity contribution in [1.82, 2.24) is 0 Å². The monoisotopic (exact) mass is 542 g/mol. The zero-order chi connectivity index (χ0) is 28.6. The molecule has 10 nitrogen and oxygen atoms in total. The van der Waals surface area contributed by atoms with E-state index >= 15 is 0 Å². The number of aromatic hydroxyl groups is 2. The van der Waals surface area contributed by atoms with Gasteiger partial charge in [0.2, 0.25) is 0 Å². The van der Waals surface area contributed by atoms with Gasteiger partial charge in [-0.2, -0.15) is 0 Å². The molecule has 10 heteroatoms. The summed E-state index contributed by atoms with van der Waals surface area (Å²) in [6.45, 7) is 0. The molecular formula is C30H26N2O8. The Balaban J connectivity index is 1.80. The Morgan fingerprint density at radius 1 is 0.575 bits per heavy atom. The highest BCUT2D eigenvalue weighted by atomic mass is 16.6. The zero-order valence-corrected chi connectivity index (χ0v) is 21.8. The highest BCUT2D eigenvalue weighted by Crippen LogP contribution is 2.40. The molecule has 2 N–H and O–H groups in total. The molecule has 0 fully saturated rings. The van der Waals surface area contributed by atoms with Gasteiger partial charge >= 0.3 is 0 Å². The molecule has 0 radical (unpaired) electrons. The molecule has 0 saturated carbocycles. The summed E-state index contributed by atoms with van der Waals surface area (Å²) in [6.07, 6.45) is 0.503. The van der Waals surface area contributed by atoms with Crippen LogP contribution >= 0.6 is 0 Å². The molecule has 0 aromatic heterocycles. The van der Waals surface area contributed by atoms with Gasteiger partial charge in [0.05, 0.1) is 24.1 Å². The largest absolute Gasteiger partial charge is 0.507 e. The van der Waals surface area contributed by atoms with Crippen LogP contribution < -0.4 is 9.47 Å². The zero-order valence-electron chi connectivity index (χ0n) is 21.8. The van der Waals surface area contributed by atoms with E-state index in [1.165, 1.54) is 38.5 Å². The first-order valence-electron chi connectivity index (χ1n) is 12.5. The maximum atomic E-state index is 11.8. The highest BCUT2D eigenvalue weighted by Gasteiger charge is 2.24. The van der Waals surface area contributed by atoms with Crippen molar-refractivity contribution in [3.63, 3.8) is 0 Å². The van der Waals surface area contributed by atoms with Crippen molar-refractivity contribution >= 4 is 11.4 Å². The molecule has 0 aliphatic heterocycles. The molecule has 0 unspecified atom stereocenters. The van der Waals surface area contributed by atoms with Gasteiger partial charge < -0.3 is 19.7 Å². The first kappa shape index (κ1) is 26.5. The Morgan fingerprint density at radius 2 is 0.850 bits per heavy atom. The second-order valence-corrected chi connectivity index (χ2v) is 9.67. The standard InChI is InChI=1S/C30H26N2O8/c1-39-29-21-9-17-5-3-7-19(27(17)33)11-23-15-26(32(37)38)16-24(30(23)40-2)12-20-8-4-6-18(28(20)34)10-22(29)14-25(13-21)31(35)36/h3-8,13-16,33-34H,9-12H2,1-2H3. The normalized spacial score (nSPS) is 12.4. The van der Waals surface area contributed by atoms with Gasteiger partial charge in [-0.25, -0.2) is 0 Å². The molecule has 0 spiro atoms. The van der Waals surface area contributed by atoms with Crippen molar-refractivity contribution in [3.8, 4) is 23.0 Å². The highest BCUT2D eigenvalue weighted by molar-refractivity contribution is 5.59. The Bertz CT molecular complexity index is 1450. The van der Waals surface area contributed by atoms with Crippen LogP contribution in [-0.4, -0.2) is 34.3 Å². The Morgan fingerprint density at radius 3 is 1.07 bits per heavy atom. The van der Waals surface area contributed by atoms with Crippen molar-refractivity contribution < 1.29 is 29.5 Å². The van der Waals surface area contributed by atoms with E-state index in [1.54, 1.807) is 36.4 Å². The molecule has 0 amide bonds. The number of benzene rings is 4. The number of fused-ring (bicyclic) bond motifs is 8. The lowest BCUT2D eigenvalue weighted by Crippen LogP contribution is -2.05. The lowest BCUT2D eigenvalue weighted by molar-refractivity contribution is -0.385. The predicted octanol–water partition coefficient (Wildman–Crippen LogP) is 5.61. The smallest absolute Gasteiger partial charge is 0.270 e. The summed E-state index contributed by atoms with van der Waals surface area (Å²) in [4.78, 5) is 22.7. The van der Waals surface area contributed by atoms with Crippen molar-refractivity contribution in [1.29, 1.82) is 0 Å².